The summed E-state index contributed by atoms with van der Waals surface area (Å²) in [4.78, 5) is 11.4. The van der Waals surface area contributed by atoms with Gasteiger partial charge in [0.15, 0.2) is 0 Å². The Morgan fingerprint density at radius 3 is 2.61 bits per heavy atom. The van der Waals surface area contributed by atoms with Crippen molar-refractivity contribution in [1.29, 1.82) is 0 Å². The number of nitrogens with one attached hydrogen (secondary N) is 2. The quantitative estimate of drug-likeness (QED) is 0.709. The normalized spacial score (nSPS) is 11.2. The highest BCUT2D eigenvalue weighted by atomic mass is 35.5. The van der Waals surface area contributed by atoms with Crippen molar-refractivity contribution in [2.75, 3.05) is 18.4 Å². The minimum Gasteiger partial charge on any atom is -0.393 e. The van der Waals surface area contributed by atoms with Gasteiger partial charge in [-0.25, -0.2) is 0 Å². The molecule has 0 aliphatic heterocycles. The number of aliphatic hydroxyl groups excluding tert-OH is 1. The van der Waals surface area contributed by atoms with Crippen LogP contribution in [0.25, 0.3) is 0 Å². The summed E-state index contributed by atoms with van der Waals surface area (Å²) in [6.07, 6.45) is 1.00. The third-order valence-corrected chi connectivity index (χ3v) is 2.50. The number of carbonyl (C=O) groups excluding carboxylic acids is 1. The molecule has 1 rings (SSSR count). The maximum Gasteiger partial charge on any atom is 0.239 e. The fourth-order valence-electron chi connectivity index (χ4n) is 1.38. The summed E-state index contributed by atoms with van der Waals surface area (Å²) in [7, 11) is 0. The van der Waals surface area contributed by atoms with Crippen LogP contribution in [0.4, 0.5) is 5.69 Å². The molecular weight excluding hydrogens is 252 g/mol. The fraction of sp³-hybridized carbons (Fsp3) is 0.462. The molecule has 0 aliphatic rings. The molecule has 5 heteroatoms. The summed E-state index contributed by atoms with van der Waals surface area (Å²) < 4.78 is 0. The first-order chi connectivity index (χ1) is 8.22. The van der Waals surface area contributed by atoms with Crippen molar-refractivity contribution in [1.82, 2.24) is 5.32 Å². The first-order valence-electron chi connectivity index (χ1n) is 5.96. The number of hydrogen-bond acceptors (Lipinski definition) is 3. The highest BCUT2D eigenvalue weighted by Gasteiger charge is 2.03. The van der Waals surface area contributed by atoms with Crippen LogP contribution in [0.3, 0.4) is 0 Å². The molecule has 0 saturated heterocycles. The molecule has 0 aromatic heterocycles. The van der Waals surface area contributed by atoms with Crippen LogP contribution in [0.5, 0.6) is 0 Å². The zero-order chi connectivity index (χ0) is 12.5. The summed E-state index contributed by atoms with van der Waals surface area (Å²) in [5.41, 5.74) is 0.927. The van der Waals surface area contributed by atoms with E-state index in [0.717, 1.165) is 12.1 Å². The molecule has 3 N–H and O–H groups in total. The summed E-state index contributed by atoms with van der Waals surface area (Å²) in [5.74, 6) is -0.0582. The lowest BCUT2D eigenvalue weighted by molar-refractivity contribution is -0.119. The Balaban J connectivity index is 0.00000289. The third-order valence-electron chi connectivity index (χ3n) is 2.50. The maximum absolute atomic E-state index is 11.4. The molecule has 1 atom stereocenters. The minimum absolute atomic E-state index is 0. The number of hydrogen-bond donors (Lipinski definition) is 3. The molecular formula is C13H21ClN2O2. The lowest BCUT2D eigenvalue weighted by Crippen LogP contribution is -2.32. The number of carbonyl (C=O) groups is 1. The van der Waals surface area contributed by atoms with Crippen molar-refractivity contribution >= 4 is 24.0 Å². The van der Waals surface area contributed by atoms with Gasteiger partial charge in [-0.05, 0) is 25.0 Å². The number of aliphatic hydroxyl groups is 1. The van der Waals surface area contributed by atoms with Crippen molar-refractivity contribution in [2.45, 2.75) is 25.9 Å². The first kappa shape index (κ1) is 16.7. The van der Waals surface area contributed by atoms with Crippen molar-refractivity contribution in [3.63, 3.8) is 0 Å². The van der Waals surface area contributed by atoms with Gasteiger partial charge in [0, 0.05) is 12.2 Å². The molecule has 4 nitrogen and oxygen atoms in total. The van der Waals surface area contributed by atoms with Gasteiger partial charge in [0.1, 0.15) is 0 Å². The Labute approximate surface area is 114 Å². The van der Waals surface area contributed by atoms with Crippen LogP contribution in [0.15, 0.2) is 30.3 Å². The number of para-hydroxylation sites is 1. The summed E-state index contributed by atoms with van der Waals surface area (Å²) in [6.45, 7) is 2.69. The molecule has 0 fully saturated rings. The molecule has 0 spiro atoms. The highest BCUT2D eigenvalue weighted by molar-refractivity contribution is 5.85. The number of amides is 1. The van der Waals surface area contributed by atoms with Gasteiger partial charge in [-0.3, -0.25) is 4.79 Å². The Hall–Kier alpha value is -1.26. The van der Waals surface area contributed by atoms with Gasteiger partial charge in [-0.15, -0.1) is 12.4 Å². The molecule has 1 unspecified atom stereocenters. The molecule has 102 valence electrons. The Morgan fingerprint density at radius 1 is 1.33 bits per heavy atom. The molecule has 0 heterocycles. The van der Waals surface area contributed by atoms with E-state index in [1.165, 1.54) is 0 Å². The standard InChI is InChI=1S/C13H20N2O2.ClH/c1-2-12(16)8-9-14-13(17)10-15-11-6-4-3-5-7-11;/h3-7,12,15-16H,2,8-10H2,1H3,(H,14,17);1H. The van der Waals surface area contributed by atoms with Crippen LogP contribution in [-0.4, -0.2) is 30.2 Å². The average Bonchev–Trinajstić information content (AvgIpc) is 2.37. The van der Waals surface area contributed by atoms with Gasteiger partial charge in [0.25, 0.3) is 0 Å². The Bertz CT molecular complexity index is 333. The Kier molecular flexibility index (Phi) is 9.06. The monoisotopic (exact) mass is 272 g/mol. The second kappa shape index (κ2) is 9.74. The molecule has 0 aliphatic carbocycles. The van der Waals surface area contributed by atoms with Gasteiger partial charge in [-0.1, -0.05) is 25.1 Å². The van der Waals surface area contributed by atoms with Crippen LogP contribution in [0, 0.1) is 0 Å². The third kappa shape index (κ3) is 7.14. The van der Waals surface area contributed by atoms with E-state index in [-0.39, 0.29) is 31.0 Å². The van der Waals surface area contributed by atoms with Crippen LogP contribution in [0.1, 0.15) is 19.8 Å². The van der Waals surface area contributed by atoms with Crippen molar-refractivity contribution < 1.29 is 9.90 Å². The van der Waals surface area contributed by atoms with Crippen molar-refractivity contribution in [3.05, 3.63) is 30.3 Å². The van der Waals surface area contributed by atoms with Gasteiger partial charge >= 0.3 is 0 Å². The van der Waals surface area contributed by atoms with Crippen LogP contribution in [-0.2, 0) is 4.79 Å². The van der Waals surface area contributed by atoms with E-state index < -0.39 is 0 Å². The zero-order valence-electron chi connectivity index (χ0n) is 10.6. The second-order valence-corrected chi connectivity index (χ2v) is 3.92. The van der Waals surface area contributed by atoms with Crippen LogP contribution in [0.2, 0.25) is 0 Å². The zero-order valence-corrected chi connectivity index (χ0v) is 11.4. The Morgan fingerprint density at radius 2 is 2.00 bits per heavy atom. The first-order valence-corrected chi connectivity index (χ1v) is 5.96. The van der Waals surface area contributed by atoms with E-state index in [1.807, 2.05) is 37.3 Å². The predicted molar refractivity (Wildman–Crippen MR) is 76.1 cm³/mol. The molecule has 1 aromatic rings. The molecule has 1 amide bonds. The van der Waals surface area contributed by atoms with Crippen molar-refractivity contribution in [2.24, 2.45) is 0 Å². The number of halogens is 1. The fourth-order valence-corrected chi connectivity index (χ4v) is 1.38. The molecule has 0 bridgehead atoms. The predicted octanol–water partition coefficient (Wildman–Crippen LogP) is 1.80. The number of anilines is 1. The highest BCUT2D eigenvalue weighted by Crippen LogP contribution is 2.03. The van der Waals surface area contributed by atoms with E-state index in [0.29, 0.717) is 13.0 Å². The maximum atomic E-state index is 11.4. The number of benzene rings is 1. The van der Waals surface area contributed by atoms with Gasteiger partial charge < -0.3 is 15.7 Å². The van der Waals surface area contributed by atoms with E-state index in [2.05, 4.69) is 10.6 Å². The van der Waals surface area contributed by atoms with Gasteiger partial charge in [0.2, 0.25) is 5.91 Å². The number of rotatable bonds is 7. The van der Waals surface area contributed by atoms with Gasteiger partial charge in [0.05, 0.1) is 12.6 Å². The van der Waals surface area contributed by atoms with E-state index in [1.54, 1.807) is 0 Å². The van der Waals surface area contributed by atoms with Crippen molar-refractivity contribution in [3.8, 4) is 0 Å². The lowest BCUT2D eigenvalue weighted by Gasteiger charge is -2.09. The molecule has 0 radical (unpaired) electrons. The van der Waals surface area contributed by atoms with Crippen LogP contribution >= 0.6 is 12.4 Å². The SMILES string of the molecule is CCC(O)CCNC(=O)CNc1ccccc1.Cl. The minimum atomic E-state index is -0.322. The molecule has 18 heavy (non-hydrogen) atoms. The van der Waals surface area contributed by atoms with E-state index >= 15 is 0 Å². The summed E-state index contributed by atoms with van der Waals surface area (Å²) in [5, 5.41) is 15.1. The second-order valence-electron chi connectivity index (χ2n) is 3.92. The van der Waals surface area contributed by atoms with E-state index in [9.17, 15) is 9.90 Å². The van der Waals surface area contributed by atoms with Gasteiger partial charge in [-0.2, -0.15) is 0 Å². The topological polar surface area (TPSA) is 61.4 Å². The molecule has 1 aromatic carbocycles. The lowest BCUT2D eigenvalue weighted by atomic mass is 10.2. The smallest absolute Gasteiger partial charge is 0.239 e. The largest absolute Gasteiger partial charge is 0.393 e. The average molecular weight is 273 g/mol. The summed E-state index contributed by atoms with van der Waals surface area (Å²) >= 11 is 0. The van der Waals surface area contributed by atoms with Crippen LogP contribution < -0.4 is 10.6 Å². The van der Waals surface area contributed by atoms with E-state index in [4.69, 9.17) is 0 Å². The molecule has 0 saturated carbocycles. The summed E-state index contributed by atoms with van der Waals surface area (Å²) in [6, 6.07) is 9.58.